The van der Waals surface area contributed by atoms with Gasteiger partial charge in [0.1, 0.15) is 0 Å². The van der Waals surface area contributed by atoms with Gasteiger partial charge in [0, 0.05) is 0 Å². The van der Waals surface area contributed by atoms with Crippen molar-refractivity contribution in [2.75, 3.05) is 0 Å². The Balaban J connectivity index is 3.92. The normalized spacial score (nSPS) is 12.5. The van der Waals surface area contributed by atoms with E-state index < -0.39 is 17.7 Å². The number of hydrogen-bond acceptors (Lipinski definition) is 1. The lowest BCUT2D eigenvalue weighted by molar-refractivity contribution is -0.154. The molecule has 72 valence electrons. The van der Waals surface area contributed by atoms with Crippen LogP contribution in [0, 0.1) is 0 Å². The highest BCUT2D eigenvalue weighted by Crippen LogP contribution is 2.12. The fraction of sp³-hybridized carbons (Fsp3) is 0.667. The summed E-state index contributed by atoms with van der Waals surface area (Å²) in [7, 11) is 0. The van der Waals surface area contributed by atoms with Crippen LogP contribution in [0.2, 0.25) is 0 Å². The molecule has 0 aromatic heterocycles. The highest BCUT2D eigenvalue weighted by Gasteiger charge is 2.34. The Hall–Kier alpha value is -0.730. The molecule has 2 N–H and O–H groups in total. The Morgan fingerprint density at radius 2 is 1.08 bits per heavy atom. The summed E-state index contributed by atoms with van der Waals surface area (Å²) in [4.78, 5) is 0. The molecule has 0 bridgehead atoms. The van der Waals surface area contributed by atoms with E-state index in [0.717, 1.165) is 0 Å². The molecule has 0 saturated heterocycles. The summed E-state index contributed by atoms with van der Waals surface area (Å²) >= 11 is 3.69. The number of halogens is 6. The fourth-order valence-corrected chi connectivity index (χ4v) is 0.520. The monoisotopic (exact) mass is 212 g/mol. The standard InChI is InChI=1S/C3H2F6N2S/c4-2(5,6)10-1(12)11-3(7,8)9/h(H2,10,11,12). The van der Waals surface area contributed by atoms with Gasteiger partial charge in [-0.3, -0.25) is 10.6 Å². The molecule has 0 aliphatic heterocycles. The molecule has 0 heterocycles. The van der Waals surface area contributed by atoms with Crippen LogP contribution in [0.15, 0.2) is 0 Å². The van der Waals surface area contributed by atoms with Crippen molar-refractivity contribution in [2.45, 2.75) is 12.6 Å². The molecule has 0 saturated carbocycles. The zero-order chi connectivity index (χ0) is 9.99. The van der Waals surface area contributed by atoms with Gasteiger partial charge in [0.2, 0.25) is 0 Å². The lowest BCUT2D eigenvalue weighted by Crippen LogP contribution is -2.48. The largest absolute Gasteiger partial charge is 0.484 e. The minimum atomic E-state index is -4.96. The molecule has 2 nitrogen and oxygen atoms in total. The first kappa shape index (κ1) is 11.3. The van der Waals surface area contributed by atoms with Gasteiger partial charge in [-0.05, 0) is 12.2 Å². The van der Waals surface area contributed by atoms with Crippen molar-refractivity contribution in [1.29, 1.82) is 0 Å². The van der Waals surface area contributed by atoms with E-state index in [9.17, 15) is 26.3 Å². The Morgan fingerprint density at radius 1 is 0.833 bits per heavy atom. The van der Waals surface area contributed by atoms with Crippen LogP contribution in [-0.2, 0) is 0 Å². The highest BCUT2D eigenvalue weighted by atomic mass is 32.1. The van der Waals surface area contributed by atoms with Gasteiger partial charge in [-0.15, -0.1) is 0 Å². The summed E-state index contributed by atoms with van der Waals surface area (Å²) in [5.41, 5.74) is 0. The third-order valence-corrected chi connectivity index (χ3v) is 0.715. The lowest BCUT2D eigenvalue weighted by atomic mass is 10.9. The van der Waals surface area contributed by atoms with Gasteiger partial charge in [0.15, 0.2) is 5.11 Å². The van der Waals surface area contributed by atoms with Gasteiger partial charge < -0.3 is 0 Å². The molecule has 0 atom stereocenters. The molecule has 0 radical (unpaired) electrons. The first-order chi connectivity index (χ1) is 5.10. The second kappa shape index (κ2) is 3.33. The number of hydrogen-bond donors (Lipinski definition) is 2. The Bertz CT molecular complexity index is 153. The zero-order valence-corrected chi connectivity index (χ0v) is 5.99. The van der Waals surface area contributed by atoms with Crippen LogP contribution in [0.4, 0.5) is 26.3 Å². The van der Waals surface area contributed by atoms with E-state index in [-0.39, 0.29) is 0 Å². The molecule has 0 fully saturated rings. The highest BCUT2D eigenvalue weighted by molar-refractivity contribution is 7.80. The van der Waals surface area contributed by atoms with E-state index in [1.807, 2.05) is 0 Å². The molecular weight excluding hydrogens is 210 g/mol. The quantitative estimate of drug-likeness (QED) is 0.361. The van der Waals surface area contributed by atoms with Gasteiger partial charge >= 0.3 is 12.6 Å². The molecule has 9 heteroatoms. The van der Waals surface area contributed by atoms with Crippen LogP contribution in [0.25, 0.3) is 0 Å². The second-order valence-electron chi connectivity index (χ2n) is 1.57. The van der Waals surface area contributed by atoms with Crippen LogP contribution < -0.4 is 10.6 Å². The molecule has 12 heavy (non-hydrogen) atoms. The maximum Gasteiger partial charge on any atom is 0.484 e. The van der Waals surface area contributed by atoms with E-state index in [1.165, 1.54) is 0 Å². The predicted molar refractivity (Wildman–Crippen MR) is 31.0 cm³/mol. The maximum atomic E-state index is 11.3. The number of rotatable bonds is 0. The lowest BCUT2D eigenvalue weighted by Gasteiger charge is -2.13. The molecule has 0 aromatic carbocycles. The molecule has 0 rings (SSSR count). The van der Waals surface area contributed by atoms with Crippen LogP contribution in [0.5, 0.6) is 0 Å². The fourth-order valence-electron chi connectivity index (χ4n) is 0.289. The Kier molecular flexibility index (Phi) is 3.13. The summed E-state index contributed by atoms with van der Waals surface area (Å²) in [6.07, 6.45) is -9.93. The van der Waals surface area contributed by atoms with E-state index in [0.29, 0.717) is 10.6 Å². The van der Waals surface area contributed by atoms with Crippen LogP contribution in [0.1, 0.15) is 0 Å². The van der Waals surface area contributed by atoms with E-state index >= 15 is 0 Å². The van der Waals surface area contributed by atoms with Crippen LogP contribution in [0.3, 0.4) is 0 Å². The van der Waals surface area contributed by atoms with Crippen molar-refractivity contribution < 1.29 is 26.3 Å². The minimum absolute atomic E-state index is 0.476. The molecular formula is C3H2F6N2S. The number of alkyl halides is 6. The first-order valence-electron chi connectivity index (χ1n) is 2.34. The van der Waals surface area contributed by atoms with Crippen molar-refractivity contribution >= 4 is 17.3 Å². The first-order valence-corrected chi connectivity index (χ1v) is 2.75. The maximum absolute atomic E-state index is 11.3. The molecule has 0 unspecified atom stereocenters. The molecule has 0 spiro atoms. The molecule has 0 aliphatic carbocycles. The van der Waals surface area contributed by atoms with Crippen LogP contribution in [-0.4, -0.2) is 17.7 Å². The zero-order valence-electron chi connectivity index (χ0n) is 5.18. The van der Waals surface area contributed by atoms with Crippen LogP contribution >= 0.6 is 12.2 Å². The molecule has 0 aromatic rings. The Labute approximate surface area is 67.9 Å². The predicted octanol–water partition coefficient (Wildman–Crippen LogP) is 1.49. The Morgan fingerprint density at radius 3 is 1.25 bits per heavy atom. The minimum Gasteiger partial charge on any atom is -0.274 e. The van der Waals surface area contributed by atoms with E-state index in [1.54, 1.807) is 0 Å². The van der Waals surface area contributed by atoms with Gasteiger partial charge in [-0.25, -0.2) is 0 Å². The van der Waals surface area contributed by atoms with Crippen molar-refractivity contribution in [1.82, 2.24) is 10.6 Å². The number of thiocarbonyl (C=S) groups is 1. The van der Waals surface area contributed by atoms with Gasteiger partial charge in [0.05, 0.1) is 0 Å². The smallest absolute Gasteiger partial charge is 0.274 e. The number of nitrogens with one attached hydrogen (secondary N) is 2. The summed E-state index contributed by atoms with van der Waals surface area (Å²) in [5, 5.41) is -0.580. The summed E-state index contributed by atoms with van der Waals surface area (Å²) in [6.45, 7) is 0. The molecule has 0 amide bonds. The van der Waals surface area contributed by atoms with Crippen molar-refractivity contribution in [3.8, 4) is 0 Å². The third-order valence-electron chi connectivity index (χ3n) is 0.511. The van der Waals surface area contributed by atoms with E-state index in [2.05, 4.69) is 12.2 Å². The average molecular weight is 212 g/mol. The summed E-state index contributed by atoms with van der Waals surface area (Å²) in [5.74, 6) is 0. The SMILES string of the molecule is FC(F)(F)NC(=S)NC(F)(F)F. The average Bonchev–Trinajstić information content (AvgIpc) is 1.49. The van der Waals surface area contributed by atoms with Gasteiger partial charge in [0.25, 0.3) is 0 Å². The van der Waals surface area contributed by atoms with Crippen molar-refractivity contribution in [2.24, 2.45) is 0 Å². The van der Waals surface area contributed by atoms with Crippen molar-refractivity contribution in [3.05, 3.63) is 0 Å². The summed E-state index contributed by atoms with van der Waals surface area (Å²) < 4.78 is 67.7. The van der Waals surface area contributed by atoms with Crippen molar-refractivity contribution in [3.63, 3.8) is 0 Å². The van der Waals surface area contributed by atoms with Gasteiger partial charge in [-0.1, -0.05) is 0 Å². The summed E-state index contributed by atoms with van der Waals surface area (Å²) in [6, 6.07) is 0. The molecule has 0 aliphatic rings. The second-order valence-corrected chi connectivity index (χ2v) is 1.98. The third kappa shape index (κ3) is 7.38. The topological polar surface area (TPSA) is 24.1 Å². The van der Waals surface area contributed by atoms with E-state index in [4.69, 9.17) is 0 Å². The van der Waals surface area contributed by atoms with Gasteiger partial charge in [-0.2, -0.15) is 26.3 Å².